The molecule has 0 aliphatic rings. The van der Waals surface area contributed by atoms with Gasteiger partial charge >= 0.3 is 0 Å². The molecule has 0 fully saturated rings. The van der Waals surface area contributed by atoms with Crippen LogP contribution in [-0.4, -0.2) is 0 Å². The summed E-state index contributed by atoms with van der Waals surface area (Å²) in [5.74, 6) is 0. The van der Waals surface area contributed by atoms with E-state index in [0.717, 1.165) is 21.2 Å². The first kappa shape index (κ1) is 13.4. The van der Waals surface area contributed by atoms with Gasteiger partial charge in [-0.05, 0) is 24.1 Å². The van der Waals surface area contributed by atoms with Crippen molar-refractivity contribution in [3.8, 4) is 6.07 Å². The number of nitrogens with two attached hydrogens (primary N) is 1. The lowest BCUT2D eigenvalue weighted by molar-refractivity contribution is 1.40. The van der Waals surface area contributed by atoms with E-state index in [-0.39, 0.29) is 0 Å². The highest BCUT2D eigenvalue weighted by atomic mass is 79.9. The predicted octanol–water partition coefficient (Wildman–Crippen LogP) is 4.11. The van der Waals surface area contributed by atoms with Gasteiger partial charge in [-0.2, -0.15) is 5.26 Å². The predicted molar refractivity (Wildman–Crippen MR) is 81.9 cm³/mol. The lowest BCUT2D eigenvalue weighted by Gasteiger charge is -2.09. The third-order valence-corrected chi connectivity index (χ3v) is 3.51. The lowest BCUT2D eigenvalue weighted by atomic mass is 10.0. The Bertz CT molecular complexity index is 667. The molecule has 0 aliphatic carbocycles. The highest BCUT2D eigenvalue weighted by molar-refractivity contribution is 9.10. The number of nitrogens with zero attached hydrogens (tertiary/aromatic N) is 1. The summed E-state index contributed by atoms with van der Waals surface area (Å²) in [7, 11) is 0. The minimum atomic E-state index is 0.487. The molecule has 0 amide bonds. The summed E-state index contributed by atoms with van der Waals surface area (Å²) in [6, 6.07) is 17.5. The van der Waals surface area contributed by atoms with Gasteiger partial charge in [-0.15, -0.1) is 0 Å². The highest BCUT2D eigenvalue weighted by Crippen LogP contribution is 2.28. The van der Waals surface area contributed by atoms with Gasteiger partial charge in [0.05, 0.1) is 11.3 Å². The first-order valence-electron chi connectivity index (χ1n) is 5.85. The van der Waals surface area contributed by atoms with Crippen molar-refractivity contribution in [2.75, 3.05) is 0 Å². The smallest absolute Gasteiger partial charge is 0.102 e. The molecule has 19 heavy (non-hydrogen) atoms. The number of rotatable bonds is 2. The minimum Gasteiger partial charge on any atom is -0.397 e. The van der Waals surface area contributed by atoms with E-state index in [1.54, 1.807) is 0 Å². The van der Waals surface area contributed by atoms with E-state index >= 15 is 0 Å². The van der Waals surface area contributed by atoms with E-state index in [4.69, 9.17) is 5.73 Å². The molecule has 3 heteroatoms. The number of allylic oxidation sites excluding steroid dienone is 1. The van der Waals surface area contributed by atoms with Gasteiger partial charge < -0.3 is 5.73 Å². The fourth-order valence-electron chi connectivity index (χ4n) is 1.86. The molecule has 0 unspecified atom stereocenters. The van der Waals surface area contributed by atoms with Crippen LogP contribution in [0.25, 0.3) is 11.3 Å². The van der Waals surface area contributed by atoms with Crippen LogP contribution in [0.4, 0.5) is 0 Å². The normalized spacial score (nSPS) is 11.6. The summed E-state index contributed by atoms with van der Waals surface area (Å²) in [5, 5.41) is 9.35. The lowest BCUT2D eigenvalue weighted by Crippen LogP contribution is -2.01. The Morgan fingerprint density at radius 2 is 1.84 bits per heavy atom. The summed E-state index contributed by atoms with van der Waals surface area (Å²) >= 11 is 3.49. The third kappa shape index (κ3) is 2.86. The molecule has 0 aromatic heterocycles. The summed E-state index contributed by atoms with van der Waals surface area (Å²) < 4.78 is 0.897. The van der Waals surface area contributed by atoms with Crippen molar-refractivity contribution in [3.63, 3.8) is 0 Å². The first-order valence-corrected chi connectivity index (χ1v) is 6.64. The quantitative estimate of drug-likeness (QED) is 0.670. The first-order chi connectivity index (χ1) is 9.13. The molecular weight excluding hydrogens is 300 g/mol. The molecular formula is C16H13BrN2. The zero-order valence-corrected chi connectivity index (χ0v) is 12.1. The van der Waals surface area contributed by atoms with Crippen LogP contribution in [0.1, 0.15) is 16.7 Å². The zero-order chi connectivity index (χ0) is 13.8. The Labute approximate surface area is 121 Å². The fourth-order valence-corrected chi connectivity index (χ4v) is 2.57. The van der Waals surface area contributed by atoms with Crippen LogP contribution >= 0.6 is 15.9 Å². The molecule has 94 valence electrons. The maximum Gasteiger partial charge on any atom is 0.102 e. The van der Waals surface area contributed by atoms with E-state index < -0.39 is 0 Å². The molecule has 0 heterocycles. The highest BCUT2D eigenvalue weighted by Gasteiger charge is 2.10. The maximum atomic E-state index is 9.35. The van der Waals surface area contributed by atoms with Gasteiger partial charge in [-0.1, -0.05) is 58.4 Å². The second-order valence-corrected chi connectivity index (χ2v) is 5.10. The SMILES string of the molecule is Cc1ccc(/C(N)=C(/C#N)c2ccccc2)c(Br)c1. The van der Waals surface area contributed by atoms with E-state index in [2.05, 4.69) is 22.0 Å². The summed E-state index contributed by atoms with van der Waals surface area (Å²) in [6.07, 6.45) is 0. The van der Waals surface area contributed by atoms with E-state index in [0.29, 0.717) is 11.3 Å². The summed E-state index contributed by atoms with van der Waals surface area (Å²) in [4.78, 5) is 0. The van der Waals surface area contributed by atoms with Gasteiger partial charge in [-0.25, -0.2) is 0 Å². The summed E-state index contributed by atoms with van der Waals surface area (Å²) in [5.41, 5.74) is 9.95. The Kier molecular flexibility index (Phi) is 4.03. The molecule has 2 aromatic carbocycles. The van der Waals surface area contributed by atoms with Gasteiger partial charge in [0, 0.05) is 10.0 Å². The number of nitriles is 1. The second-order valence-electron chi connectivity index (χ2n) is 4.25. The van der Waals surface area contributed by atoms with Crippen molar-refractivity contribution in [2.45, 2.75) is 6.92 Å². The Morgan fingerprint density at radius 3 is 2.42 bits per heavy atom. The molecule has 0 radical (unpaired) electrons. The number of hydrogen-bond acceptors (Lipinski definition) is 2. The van der Waals surface area contributed by atoms with Crippen molar-refractivity contribution in [1.29, 1.82) is 5.26 Å². The van der Waals surface area contributed by atoms with Crippen molar-refractivity contribution >= 4 is 27.2 Å². The number of aryl methyl sites for hydroxylation is 1. The van der Waals surface area contributed by atoms with Gasteiger partial charge in [0.15, 0.2) is 0 Å². The molecule has 0 saturated carbocycles. The van der Waals surface area contributed by atoms with Crippen LogP contribution in [0, 0.1) is 18.3 Å². The molecule has 2 aromatic rings. The standard InChI is InChI=1S/C16H13BrN2/c1-11-7-8-13(15(17)9-11)16(19)14(10-18)12-5-3-2-4-6-12/h2-9H,19H2,1H3/b16-14+. The second kappa shape index (κ2) is 5.73. The Morgan fingerprint density at radius 1 is 1.16 bits per heavy atom. The Hall–Kier alpha value is -2.05. The van der Waals surface area contributed by atoms with Crippen molar-refractivity contribution in [3.05, 3.63) is 69.7 Å². The van der Waals surface area contributed by atoms with E-state index in [1.165, 1.54) is 0 Å². The van der Waals surface area contributed by atoms with Crippen LogP contribution in [-0.2, 0) is 0 Å². The van der Waals surface area contributed by atoms with Crippen LogP contribution in [0.2, 0.25) is 0 Å². The van der Waals surface area contributed by atoms with Gasteiger partial charge in [0.25, 0.3) is 0 Å². The number of benzene rings is 2. The molecule has 0 spiro atoms. The Balaban J connectivity index is 2.59. The molecule has 2 N–H and O–H groups in total. The molecule has 0 aliphatic heterocycles. The van der Waals surface area contributed by atoms with Gasteiger partial charge in [0.2, 0.25) is 0 Å². The fraction of sp³-hybridized carbons (Fsp3) is 0.0625. The van der Waals surface area contributed by atoms with Crippen LogP contribution in [0.15, 0.2) is 53.0 Å². The summed E-state index contributed by atoms with van der Waals surface area (Å²) in [6.45, 7) is 2.01. The molecule has 2 rings (SSSR count). The van der Waals surface area contributed by atoms with Gasteiger partial charge in [-0.3, -0.25) is 0 Å². The molecule has 0 bridgehead atoms. The maximum absolute atomic E-state index is 9.35. The van der Waals surface area contributed by atoms with Crippen molar-refractivity contribution in [1.82, 2.24) is 0 Å². The molecule has 0 atom stereocenters. The topological polar surface area (TPSA) is 49.8 Å². The monoisotopic (exact) mass is 312 g/mol. The van der Waals surface area contributed by atoms with Crippen molar-refractivity contribution in [2.24, 2.45) is 5.73 Å². The van der Waals surface area contributed by atoms with E-state index in [9.17, 15) is 5.26 Å². The zero-order valence-electron chi connectivity index (χ0n) is 10.5. The largest absolute Gasteiger partial charge is 0.397 e. The number of halogens is 1. The molecule has 0 saturated heterocycles. The average Bonchev–Trinajstić information content (AvgIpc) is 2.40. The third-order valence-electron chi connectivity index (χ3n) is 2.86. The van der Waals surface area contributed by atoms with E-state index in [1.807, 2.05) is 55.5 Å². The number of hydrogen-bond donors (Lipinski definition) is 1. The van der Waals surface area contributed by atoms with Crippen LogP contribution < -0.4 is 5.73 Å². The average molecular weight is 313 g/mol. The molecule has 2 nitrogen and oxygen atoms in total. The van der Waals surface area contributed by atoms with Crippen LogP contribution in [0.5, 0.6) is 0 Å². The van der Waals surface area contributed by atoms with Crippen molar-refractivity contribution < 1.29 is 0 Å². The van der Waals surface area contributed by atoms with Crippen LogP contribution in [0.3, 0.4) is 0 Å². The minimum absolute atomic E-state index is 0.487. The van der Waals surface area contributed by atoms with Gasteiger partial charge in [0.1, 0.15) is 6.07 Å².